The molecule has 0 radical (unpaired) electrons. The number of pyridine rings is 1. The van der Waals surface area contributed by atoms with Crippen LogP contribution in [0, 0.1) is 6.92 Å². The van der Waals surface area contributed by atoms with E-state index in [1.54, 1.807) is 23.9 Å². The number of rotatable bonds is 3. The van der Waals surface area contributed by atoms with Crippen molar-refractivity contribution < 1.29 is 9.59 Å². The molecule has 3 rings (SSSR count). The summed E-state index contributed by atoms with van der Waals surface area (Å²) < 4.78 is 1.76. The predicted molar refractivity (Wildman–Crippen MR) is 100 cm³/mol. The van der Waals surface area contributed by atoms with Gasteiger partial charge < -0.3 is 20.5 Å². The third-order valence-electron chi connectivity index (χ3n) is 4.82. The molecule has 7 heteroatoms. The number of aryl methyl sites for hydroxylation is 2. The number of fused-ring (bicyclic) bond motifs is 1. The van der Waals surface area contributed by atoms with Gasteiger partial charge in [0.1, 0.15) is 11.6 Å². The second kappa shape index (κ2) is 6.92. The van der Waals surface area contributed by atoms with Gasteiger partial charge >= 0.3 is 0 Å². The molecule has 1 aliphatic rings. The standard InChI is InChI=1S/C19H24N4O3/c1-4-21-18(25)16-8-12(20)9-23(16)19(26)14-10-22(3)15-6-5-11(2)7-13(15)17(14)24/h5-7,10,12,16H,4,8-9,20H2,1-3H3,(H,21,25)/t12-,16+/m1/s1. The van der Waals surface area contributed by atoms with Gasteiger partial charge in [0.05, 0.1) is 5.52 Å². The number of carbonyl (C=O) groups excluding carboxylic acids is 2. The Kier molecular flexibility index (Phi) is 4.82. The first kappa shape index (κ1) is 18.1. The third kappa shape index (κ3) is 3.10. The molecule has 0 spiro atoms. The van der Waals surface area contributed by atoms with Gasteiger partial charge in [0.2, 0.25) is 11.3 Å². The fraction of sp³-hybridized carbons (Fsp3) is 0.421. The van der Waals surface area contributed by atoms with E-state index in [4.69, 9.17) is 5.73 Å². The Morgan fingerprint density at radius 2 is 2.08 bits per heavy atom. The van der Waals surface area contributed by atoms with Gasteiger partial charge in [-0.3, -0.25) is 14.4 Å². The molecule has 0 aliphatic carbocycles. The highest BCUT2D eigenvalue weighted by Crippen LogP contribution is 2.20. The zero-order chi connectivity index (χ0) is 19.0. The molecule has 0 saturated carbocycles. The highest BCUT2D eigenvalue weighted by Gasteiger charge is 2.39. The molecule has 1 saturated heterocycles. The third-order valence-corrected chi connectivity index (χ3v) is 4.82. The number of likely N-dealkylation sites (N-methyl/N-ethyl adjacent to an activating group) is 1. The maximum Gasteiger partial charge on any atom is 0.260 e. The van der Waals surface area contributed by atoms with Crippen molar-refractivity contribution in [3.05, 3.63) is 45.7 Å². The van der Waals surface area contributed by atoms with Crippen molar-refractivity contribution in [3.8, 4) is 0 Å². The number of amides is 2. The molecule has 138 valence electrons. The van der Waals surface area contributed by atoms with Gasteiger partial charge in [-0.25, -0.2) is 0 Å². The fourth-order valence-electron chi connectivity index (χ4n) is 3.55. The van der Waals surface area contributed by atoms with E-state index < -0.39 is 11.9 Å². The molecule has 2 atom stereocenters. The van der Waals surface area contributed by atoms with Crippen LogP contribution in [0.1, 0.15) is 29.3 Å². The van der Waals surface area contributed by atoms with Gasteiger partial charge in [-0.2, -0.15) is 0 Å². The van der Waals surface area contributed by atoms with Crippen LogP contribution in [0.3, 0.4) is 0 Å². The minimum absolute atomic E-state index is 0.0639. The Morgan fingerprint density at radius 3 is 2.77 bits per heavy atom. The molecule has 0 unspecified atom stereocenters. The minimum atomic E-state index is -0.643. The van der Waals surface area contributed by atoms with Crippen molar-refractivity contribution in [1.29, 1.82) is 0 Å². The molecule has 3 N–H and O–H groups in total. The summed E-state index contributed by atoms with van der Waals surface area (Å²) in [6, 6.07) is 4.65. The summed E-state index contributed by atoms with van der Waals surface area (Å²) in [6.07, 6.45) is 1.94. The number of carbonyl (C=O) groups is 2. The van der Waals surface area contributed by atoms with E-state index in [1.807, 2.05) is 26.0 Å². The van der Waals surface area contributed by atoms with Crippen LogP contribution in [0.25, 0.3) is 10.9 Å². The number of hydrogen-bond acceptors (Lipinski definition) is 4. The van der Waals surface area contributed by atoms with Crippen molar-refractivity contribution in [3.63, 3.8) is 0 Å². The van der Waals surface area contributed by atoms with E-state index in [-0.39, 0.29) is 29.5 Å². The summed E-state index contributed by atoms with van der Waals surface area (Å²) in [5, 5.41) is 3.23. The first-order valence-electron chi connectivity index (χ1n) is 8.77. The van der Waals surface area contributed by atoms with Gasteiger partial charge in [-0.05, 0) is 32.4 Å². The molecule has 1 fully saturated rings. The molecule has 2 heterocycles. The summed E-state index contributed by atoms with van der Waals surface area (Å²) in [5.74, 6) is -0.680. The molecule has 0 bridgehead atoms. The van der Waals surface area contributed by atoms with E-state index in [0.717, 1.165) is 11.1 Å². The lowest BCUT2D eigenvalue weighted by atomic mass is 10.1. The van der Waals surface area contributed by atoms with Crippen molar-refractivity contribution in [2.45, 2.75) is 32.4 Å². The number of likely N-dealkylation sites (tertiary alicyclic amines) is 1. The van der Waals surface area contributed by atoms with E-state index in [9.17, 15) is 14.4 Å². The molecule has 2 aromatic rings. The first-order chi connectivity index (χ1) is 12.3. The maximum atomic E-state index is 13.1. The van der Waals surface area contributed by atoms with Gasteiger partial charge in [-0.15, -0.1) is 0 Å². The lowest BCUT2D eigenvalue weighted by Gasteiger charge is -2.24. The average molecular weight is 356 g/mol. The van der Waals surface area contributed by atoms with Gasteiger partial charge in [0, 0.05) is 37.8 Å². The molecule has 26 heavy (non-hydrogen) atoms. The SMILES string of the molecule is CCNC(=O)[C@@H]1C[C@@H](N)CN1C(=O)c1cn(C)c2ccc(C)cc2c1=O. The minimum Gasteiger partial charge on any atom is -0.355 e. The molecule has 1 aromatic carbocycles. The van der Waals surface area contributed by atoms with E-state index >= 15 is 0 Å². The van der Waals surface area contributed by atoms with Gasteiger partial charge in [0.15, 0.2) is 0 Å². The zero-order valence-electron chi connectivity index (χ0n) is 15.3. The lowest BCUT2D eigenvalue weighted by molar-refractivity contribution is -0.124. The molecular weight excluding hydrogens is 332 g/mol. The fourth-order valence-corrected chi connectivity index (χ4v) is 3.55. The Labute approximate surface area is 151 Å². The first-order valence-corrected chi connectivity index (χ1v) is 8.77. The summed E-state index contributed by atoms with van der Waals surface area (Å²) in [7, 11) is 1.80. The van der Waals surface area contributed by atoms with Crippen LogP contribution in [-0.2, 0) is 11.8 Å². The van der Waals surface area contributed by atoms with Crippen molar-refractivity contribution in [1.82, 2.24) is 14.8 Å². The van der Waals surface area contributed by atoms with Crippen LogP contribution in [0.4, 0.5) is 0 Å². The van der Waals surface area contributed by atoms with Crippen LogP contribution in [0.2, 0.25) is 0 Å². The number of nitrogens with two attached hydrogens (primary N) is 1. The van der Waals surface area contributed by atoms with Crippen LogP contribution in [0.15, 0.2) is 29.2 Å². The van der Waals surface area contributed by atoms with Gasteiger partial charge in [0.25, 0.3) is 5.91 Å². The van der Waals surface area contributed by atoms with Crippen LogP contribution >= 0.6 is 0 Å². The van der Waals surface area contributed by atoms with E-state index in [0.29, 0.717) is 18.4 Å². The second-order valence-electron chi connectivity index (χ2n) is 6.87. The Bertz CT molecular complexity index is 934. The summed E-state index contributed by atoms with van der Waals surface area (Å²) in [6.45, 7) is 4.46. The van der Waals surface area contributed by atoms with Crippen molar-refractivity contribution in [2.24, 2.45) is 12.8 Å². The topological polar surface area (TPSA) is 97.4 Å². The number of nitrogens with zero attached hydrogens (tertiary/aromatic N) is 2. The molecular formula is C19H24N4O3. The molecule has 1 aliphatic heterocycles. The number of nitrogens with one attached hydrogen (secondary N) is 1. The average Bonchev–Trinajstić information content (AvgIpc) is 2.99. The van der Waals surface area contributed by atoms with E-state index in [2.05, 4.69) is 5.32 Å². The maximum absolute atomic E-state index is 13.1. The Morgan fingerprint density at radius 1 is 1.35 bits per heavy atom. The highest BCUT2D eigenvalue weighted by molar-refractivity contribution is 6.00. The monoisotopic (exact) mass is 356 g/mol. The Hall–Kier alpha value is -2.67. The molecule has 7 nitrogen and oxygen atoms in total. The normalized spacial score (nSPS) is 19.8. The quantitative estimate of drug-likeness (QED) is 0.838. The van der Waals surface area contributed by atoms with E-state index in [1.165, 1.54) is 4.90 Å². The van der Waals surface area contributed by atoms with Crippen LogP contribution in [-0.4, -0.2) is 46.5 Å². The smallest absolute Gasteiger partial charge is 0.260 e. The summed E-state index contributed by atoms with van der Waals surface area (Å²) in [5.41, 5.74) is 7.44. The molecule has 1 aromatic heterocycles. The van der Waals surface area contributed by atoms with Crippen molar-refractivity contribution in [2.75, 3.05) is 13.1 Å². The Balaban J connectivity index is 2.05. The molecule has 2 amide bonds. The van der Waals surface area contributed by atoms with Crippen LogP contribution < -0.4 is 16.5 Å². The number of benzene rings is 1. The second-order valence-corrected chi connectivity index (χ2v) is 6.87. The van der Waals surface area contributed by atoms with Crippen LogP contribution in [0.5, 0.6) is 0 Å². The van der Waals surface area contributed by atoms with Crippen molar-refractivity contribution >= 4 is 22.7 Å². The van der Waals surface area contributed by atoms with Gasteiger partial charge in [-0.1, -0.05) is 11.6 Å². The number of aromatic nitrogens is 1. The zero-order valence-corrected chi connectivity index (χ0v) is 15.3. The largest absolute Gasteiger partial charge is 0.355 e. The lowest BCUT2D eigenvalue weighted by Crippen LogP contribution is -2.47. The predicted octanol–water partition coefficient (Wildman–Crippen LogP) is 0.525. The number of hydrogen-bond donors (Lipinski definition) is 2. The summed E-state index contributed by atoms with van der Waals surface area (Å²) in [4.78, 5) is 39.7. The highest BCUT2D eigenvalue weighted by atomic mass is 16.2. The summed E-state index contributed by atoms with van der Waals surface area (Å²) >= 11 is 0.